The molecule has 0 amide bonds. The van der Waals surface area contributed by atoms with Crippen LogP contribution in [-0.4, -0.2) is 40.0 Å². The van der Waals surface area contributed by atoms with Crippen molar-refractivity contribution in [2.45, 2.75) is 24.9 Å². The van der Waals surface area contributed by atoms with Crippen molar-refractivity contribution in [3.63, 3.8) is 0 Å². The van der Waals surface area contributed by atoms with Crippen molar-refractivity contribution >= 4 is 18.0 Å². The van der Waals surface area contributed by atoms with E-state index in [2.05, 4.69) is 22.3 Å². The first-order valence-corrected chi connectivity index (χ1v) is 10.6. The van der Waals surface area contributed by atoms with Crippen LogP contribution in [0.2, 0.25) is 0 Å². The summed E-state index contributed by atoms with van der Waals surface area (Å²) in [4.78, 5) is 10.9. The van der Waals surface area contributed by atoms with E-state index in [1.807, 2.05) is 36.7 Å². The van der Waals surface area contributed by atoms with Crippen molar-refractivity contribution in [1.82, 2.24) is 14.8 Å². The Morgan fingerprint density at radius 2 is 1.90 bits per heavy atom. The van der Waals surface area contributed by atoms with E-state index in [0.717, 1.165) is 35.9 Å². The fraction of sp³-hybridized carbons (Fsp3) is 0.318. The summed E-state index contributed by atoms with van der Waals surface area (Å²) in [6, 6.07) is 15.5. The molecule has 1 heterocycles. The fourth-order valence-electron chi connectivity index (χ4n) is 2.79. The number of hydrogen-bond acceptors (Lipinski definition) is 6. The summed E-state index contributed by atoms with van der Waals surface area (Å²) < 4.78 is 13.5. The van der Waals surface area contributed by atoms with Crippen LogP contribution in [0.25, 0.3) is 0 Å². The van der Waals surface area contributed by atoms with Gasteiger partial charge in [-0.1, -0.05) is 42.1 Å². The van der Waals surface area contributed by atoms with Crippen LogP contribution in [0.15, 0.2) is 53.7 Å². The summed E-state index contributed by atoms with van der Waals surface area (Å²) in [6.45, 7) is 2.98. The molecule has 0 radical (unpaired) electrons. The molecule has 0 atom stereocenters. The number of hydrogen-bond donors (Lipinski definition) is 0. The number of benzene rings is 2. The van der Waals surface area contributed by atoms with Gasteiger partial charge < -0.3 is 14.0 Å². The van der Waals surface area contributed by atoms with Gasteiger partial charge >= 0.3 is 0 Å². The maximum Gasteiger partial charge on any atom is 0.190 e. The molecule has 29 heavy (non-hydrogen) atoms. The number of rotatable bonds is 11. The number of aromatic nitrogens is 3. The quantitative estimate of drug-likeness (QED) is 0.268. The third-order valence-corrected chi connectivity index (χ3v) is 5.42. The molecule has 0 aliphatic carbocycles. The molecule has 152 valence electrons. The standard InChI is InChI=1S/C22H25N3O3S/c1-3-27-20-14-18(16-26)10-11-19(20)28-12-7-13-29-22-24-23-21(25(22)2)15-17-8-5-4-6-9-17/h4-6,8-11,14,16H,3,7,12-13,15H2,1-2H3. The van der Waals surface area contributed by atoms with Gasteiger partial charge in [0.15, 0.2) is 16.7 Å². The lowest BCUT2D eigenvalue weighted by Gasteiger charge is -2.12. The monoisotopic (exact) mass is 411 g/mol. The molecular weight excluding hydrogens is 386 g/mol. The second-order valence-electron chi connectivity index (χ2n) is 6.43. The summed E-state index contributed by atoms with van der Waals surface area (Å²) >= 11 is 1.67. The topological polar surface area (TPSA) is 66.2 Å². The van der Waals surface area contributed by atoms with Crippen molar-refractivity contribution < 1.29 is 14.3 Å². The number of thioether (sulfide) groups is 1. The van der Waals surface area contributed by atoms with Crippen LogP contribution >= 0.6 is 11.8 Å². The average Bonchev–Trinajstić information content (AvgIpc) is 3.09. The number of ether oxygens (including phenoxy) is 2. The lowest BCUT2D eigenvalue weighted by molar-refractivity contribution is 0.112. The molecule has 6 nitrogen and oxygen atoms in total. The Labute approximate surface area is 175 Å². The SMILES string of the molecule is CCOc1cc(C=O)ccc1OCCCSc1nnc(Cc2ccccc2)n1C. The van der Waals surface area contributed by atoms with E-state index in [1.165, 1.54) is 5.56 Å². The maximum absolute atomic E-state index is 10.9. The summed E-state index contributed by atoms with van der Waals surface area (Å²) in [6.07, 6.45) is 2.42. The van der Waals surface area contributed by atoms with Crippen LogP contribution in [0.1, 0.15) is 35.1 Å². The summed E-state index contributed by atoms with van der Waals surface area (Å²) in [7, 11) is 2.00. The van der Waals surface area contributed by atoms with Gasteiger partial charge in [-0.05, 0) is 37.1 Å². The van der Waals surface area contributed by atoms with E-state index >= 15 is 0 Å². The van der Waals surface area contributed by atoms with Gasteiger partial charge in [-0.15, -0.1) is 10.2 Å². The van der Waals surface area contributed by atoms with E-state index in [9.17, 15) is 4.79 Å². The highest BCUT2D eigenvalue weighted by molar-refractivity contribution is 7.99. The van der Waals surface area contributed by atoms with E-state index in [0.29, 0.717) is 30.3 Å². The highest BCUT2D eigenvalue weighted by Gasteiger charge is 2.10. The molecule has 0 saturated heterocycles. The van der Waals surface area contributed by atoms with Gasteiger partial charge in [-0.3, -0.25) is 4.79 Å². The van der Waals surface area contributed by atoms with Gasteiger partial charge in [0.05, 0.1) is 13.2 Å². The van der Waals surface area contributed by atoms with Gasteiger partial charge in [0.25, 0.3) is 0 Å². The molecule has 0 saturated carbocycles. The second kappa shape index (κ2) is 10.7. The molecule has 2 aromatic carbocycles. The Hall–Kier alpha value is -2.80. The van der Waals surface area contributed by atoms with Gasteiger partial charge in [0.2, 0.25) is 0 Å². The summed E-state index contributed by atoms with van der Waals surface area (Å²) in [5.41, 5.74) is 1.79. The second-order valence-corrected chi connectivity index (χ2v) is 7.49. The molecule has 0 fully saturated rings. The zero-order valence-electron chi connectivity index (χ0n) is 16.7. The average molecular weight is 412 g/mol. The van der Waals surface area contributed by atoms with Crippen molar-refractivity contribution in [3.8, 4) is 11.5 Å². The molecule has 3 aromatic rings. The first-order chi connectivity index (χ1) is 14.2. The van der Waals surface area contributed by atoms with E-state index < -0.39 is 0 Å². The molecule has 0 N–H and O–H groups in total. The normalized spacial score (nSPS) is 10.7. The third-order valence-electron chi connectivity index (χ3n) is 4.31. The van der Waals surface area contributed by atoms with Crippen LogP contribution in [0, 0.1) is 0 Å². The molecule has 0 bridgehead atoms. The number of nitrogens with zero attached hydrogens (tertiary/aromatic N) is 3. The lowest BCUT2D eigenvalue weighted by atomic mass is 10.1. The number of aldehydes is 1. The van der Waals surface area contributed by atoms with Crippen LogP contribution in [0.4, 0.5) is 0 Å². The molecule has 1 aromatic heterocycles. The predicted molar refractivity (Wildman–Crippen MR) is 114 cm³/mol. The summed E-state index contributed by atoms with van der Waals surface area (Å²) in [5, 5.41) is 9.53. The first kappa shape index (κ1) is 20.9. The minimum absolute atomic E-state index is 0.520. The smallest absolute Gasteiger partial charge is 0.190 e. The molecule has 3 rings (SSSR count). The molecule has 7 heteroatoms. The number of carbonyl (C=O) groups is 1. The molecule has 0 spiro atoms. The Morgan fingerprint density at radius 1 is 1.07 bits per heavy atom. The largest absolute Gasteiger partial charge is 0.490 e. The van der Waals surface area contributed by atoms with Gasteiger partial charge in [0.1, 0.15) is 12.1 Å². The van der Waals surface area contributed by atoms with E-state index in [1.54, 1.807) is 30.0 Å². The van der Waals surface area contributed by atoms with Gasteiger partial charge in [-0.25, -0.2) is 0 Å². The predicted octanol–water partition coefficient (Wildman–Crippen LogP) is 4.18. The minimum atomic E-state index is 0.520. The molecular formula is C22H25N3O3S. The van der Waals surface area contributed by atoms with E-state index in [4.69, 9.17) is 9.47 Å². The molecule has 0 aliphatic rings. The Balaban J connectivity index is 1.47. The highest BCUT2D eigenvalue weighted by Crippen LogP contribution is 2.28. The van der Waals surface area contributed by atoms with Crippen molar-refractivity contribution in [1.29, 1.82) is 0 Å². The molecule has 0 aliphatic heterocycles. The zero-order valence-corrected chi connectivity index (χ0v) is 17.5. The zero-order chi connectivity index (χ0) is 20.5. The van der Waals surface area contributed by atoms with Crippen LogP contribution in [0.3, 0.4) is 0 Å². The molecule has 0 unspecified atom stereocenters. The Bertz CT molecular complexity index is 928. The van der Waals surface area contributed by atoms with Crippen LogP contribution in [-0.2, 0) is 13.5 Å². The van der Waals surface area contributed by atoms with Crippen LogP contribution in [0.5, 0.6) is 11.5 Å². The lowest BCUT2D eigenvalue weighted by Crippen LogP contribution is -2.03. The third kappa shape index (κ3) is 5.84. The minimum Gasteiger partial charge on any atom is -0.490 e. The van der Waals surface area contributed by atoms with Crippen molar-refractivity contribution in [3.05, 3.63) is 65.5 Å². The Morgan fingerprint density at radius 3 is 2.66 bits per heavy atom. The summed E-state index contributed by atoms with van der Waals surface area (Å²) in [5.74, 6) is 3.08. The Kier molecular flexibility index (Phi) is 7.69. The van der Waals surface area contributed by atoms with Gasteiger partial charge in [-0.2, -0.15) is 0 Å². The fourth-order valence-corrected chi connectivity index (χ4v) is 3.64. The maximum atomic E-state index is 10.9. The van der Waals surface area contributed by atoms with Crippen LogP contribution < -0.4 is 9.47 Å². The van der Waals surface area contributed by atoms with Gasteiger partial charge in [0, 0.05) is 24.8 Å². The van der Waals surface area contributed by atoms with Crippen molar-refractivity contribution in [2.75, 3.05) is 19.0 Å². The number of carbonyl (C=O) groups excluding carboxylic acids is 1. The van der Waals surface area contributed by atoms with E-state index in [-0.39, 0.29) is 0 Å². The highest BCUT2D eigenvalue weighted by atomic mass is 32.2. The first-order valence-electron chi connectivity index (χ1n) is 9.61. The van der Waals surface area contributed by atoms with Crippen molar-refractivity contribution in [2.24, 2.45) is 7.05 Å².